The summed E-state index contributed by atoms with van der Waals surface area (Å²) in [7, 11) is -0.607. The highest BCUT2D eigenvalue weighted by Crippen LogP contribution is 2.32. The number of carbonyl (C=O) groups is 1. The van der Waals surface area contributed by atoms with Crippen molar-refractivity contribution in [3.63, 3.8) is 0 Å². The van der Waals surface area contributed by atoms with Crippen molar-refractivity contribution >= 4 is 15.9 Å². The highest BCUT2D eigenvalue weighted by molar-refractivity contribution is 7.89. The number of amides is 1. The van der Waals surface area contributed by atoms with Crippen molar-refractivity contribution in [1.82, 2.24) is 9.21 Å². The molecule has 1 heterocycles. The van der Waals surface area contributed by atoms with Crippen molar-refractivity contribution in [1.29, 1.82) is 0 Å². The van der Waals surface area contributed by atoms with Crippen LogP contribution >= 0.6 is 0 Å². The Morgan fingerprint density at radius 1 is 1.17 bits per heavy atom. The van der Waals surface area contributed by atoms with E-state index in [1.807, 2.05) is 37.3 Å². The quantitative estimate of drug-likeness (QED) is 0.723. The zero-order valence-electron chi connectivity index (χ0n) is 17.2. The summed E-state index contributed by atoms with van der Waals surface area (Å²) in [5, 5.41) is 0. The molecule has 2 aromatic carbocycles. The van der Waals surface area contributed by atoms with Gasteiger partial charge in [-0.3, -0.25) is 4.79 Å². The zero-order chi connectivity index (χ0) is 21.0. The minimum absolute atomic E-state index is 0.0488. The summed E-state index contributed by atoms with van der Waals surface area (Å²) in [5.41, 5.74) is 1.33. The third-order valence-corrected chi connectivity index (χ3v) is 7.38. The van der Waals surface area contributed by atoms with Crippen LogP contribution in [-0.2, 0) is 16.6 Å². The van der Waals surface area contributed by atoms with Gasteiger partial charge >= 0.3 is 0 Å². The van der Waals surface area contributed by atoms with Gasteiger partial charge in [-0.2, -0.15) is 4.31 Å². The van der Waals surface area contributed by atoms with Crippen LogP contribution in [-0.4, -0.2) is 50.3 Å². The molecule has 1 saturated heterocycles. The van der Waals surface area contributed by atoms with Gasteiger partial charge in [0.15, 0.2) is 0 Å². The molecule has 1 amide bonds. The number of hydrogen-bond donors (Lipinski definition) is 0. The molecule has 6 nitrogen and oxygen atoms in total. The van der Waals surface area contributed by atoms with E-state index in [2.05, 4.69) is 0 Å². The van der Waals surface area contributed by atoms with Gasteiger partial charge in [-0.1, -0.05) is 36.8 Å². The molecule has 0 N–H and O–H groups in total. The van der Waals surface area contributed by atoms with Gasteiger partial charge in [0.2, 0.25) is 10.0 Å². The first-order valence-electron chi connectivity index (χ1n) is 9.84. The standard InChI is InChI=1S/C22H28N2O4S/c1-17-9-7-8-14-24(17)29(26,27)21-15-19(12-13-20(21)28-3)22(25)23(2)16-18-10-5-4-6-11-18/h4-6,10-13,15,17H,7-9,14,16H2,1-3H3/t17-/m0/s1. The summed E-state index contributed by atoms with van der Waals surface area (Å²) >= 11 is 0. The Kier molecular flexibility index (Phi) is 6.59. The highest BCUT2D eigenvalue weighted by atomic mass is 32.2. The van der Waals surface area contributed by atoms with Gasteiger partial charge in [-0.05, 0) is 43.5 Å². The van der Waals surface area contributed by atoms with Crippen molar-refractivity contribution in [2.75, 3.05) is 20.7 Å². The van der Waals surface area contributed by atoms with Crippen LogP contribution in [0.1, 0.15) is 42.1 Å². The number of nitrogens with zero attached hydrogens (tertiary/aromatic N) is 2. The number of carbonyl (C=O) groups excluding carboxylic acids is 1. The lowest BCUT2D eigenvalue weighted by atomic mass is 10.1. The molecule has 0 aliphatic carbocycles. The molecule has 7 heteroatoms. The largest absolute Gasteiger partial charge is 0.495 e. The molecule has 1 aliphatic rings. The van der Waals surface area contributed by atoms with Crippen LogP contribution < -0.4 is 4.74 Å². The van der Waals surface area contributed by atoms with Gasteiger partial charge in [-0.15, -0.1) is 0 Å². The average Bonchev–Trinajstić information content (AvgIpc) is 2.73. The van der Waals surface area contributed by atoms with Crippen LogP contribution in [0.2, 0.25) is 0 Å². The second kappa shape index (κ2) is 8.97. The lowest BCUT2D eigenvalue weighted by Crippen LogP contribution is -2.42. The molecule has 1 aliphatic heterocycles. The summed E-state index contributed by atoms with van der Waals surface area (Å²) in [6, 6.07) is 14.2. The molecule has 156 valence electrons. The molecule has 0 spiro atoms. The Labute approximate surface area is 173 Å². The third-order valence-electron chi connectivity index (χ3n) is 5.35. The predicted molar refractivity (Wildman–Crippen MR) is 112 cm³/mol. The first kappa shape index (κ1) is 21.3. The lowest BCUT2D eigenvalue weighted by molar-refractivity contribution is 0.0785. The van der Waals surface area contributed by atoms with E-state index < -0.39 is 10.0 Å². The topological polar surface area (TPSA) is 66.9 Å². The van der Waals surface area contributed by atoms with Crippen LogP contribution in [0.5, 0.6) is 5.75 Å². The second-order valence-corrected chi connectivity index (χ2v) is 9.33. The highest BCUT2D eigenvalue weighted by Gasteiger charge is 2.33. The molecule has 1 fully saturated rings. The van der Waals surface area contributed by atoms with Gasteiger partial charge in [-0.25, -0.2) is 8.42 Å². The molecule has 1 atom stereocenters. The van der Waals surface area contributed by atoms with E-state index in [9.17, 15) is 13.2 Å². The zero-order valence-corrected chi connectivity index (χ0v) is 18.0. The van der Waals surface area contributed by atoms with Gasteiger partial charge in [0.25, 0.3) is 5.91 Å². The van der Waals surface area contributed by atoms with Crippen LogP contribution in [0.15, 0.2) is 53.4 Å². The molecule has 0 radical (unpaired) electrons. The van der Waals surface area contributed by atoms with Crippen molar-refractivity contribution in [2.24, 2.45) is 0 Å². The van der Waals surface area contributed by atoms with Crippen molar-refractivity contribution in [3.05, 3.63) is 59.7 Å². The fourth-order valence-electron chi connectivity index (χ4n) is 3.72. The number of methoxy groups -OCH3 is 1. The summed E-state index contributed by atoms with van der Waals surface area (Å²) in [5.74, 6) is 0.0182. The molecule has 0 saturated carbocycles. The van der Waals surface area contributed by atoms with E-state index >= 15 is 0 Å². The number of piperidine rings is 1. The molecule has 2 aromatic rings. The Balaban J connectivity index is 1.91. The predicted octanol–water partition coefficient (Wildman–Crippen LogP) is 3.53. The Morgan fingerprint density at radius 2 is 1.90 bits per heavy atom. The van der Waals surface area contributed by atoms with Gasteiger partial charge in [0.1, 0.15) is 10.6 Å². The van der Waals surface area contributed by atoms with E-state index in [0.29, 0.717) is 18.7 Å². The van der Waals surface area contributed by atoms with Crippen molar-refractivity contribution in [2.45, 2.75) is 43.7 Å². The molecule has 0 aromatic heterocycles. The summed E-state index contributed by atoms with van der Waals surface area (Å²) in [4.78, 5) is 14.6. The van der Waals surface area contributed by atoms with E-state index in [4.69, 9.17) is 4.74 Å². The van der Waals surface area contributed by atoms with E-state index in [1.165, 1.54) is 17.5 Å². The fourth-order valence-corrected chi connectivity index (χ4v) is 5.60. The monoisotopic (exact) mass is 416 g/mol. The molecular formula is C22H28N2O4S. The number of rotatable bonds is 6. The maximum atomic E-state index is 13.3. The van der Waals surface area contributed by atoms with Crippen LogP contribution in [0.25, 0.3) is 0 Å². The normalized spacial score (nSPS) is 17.7. The van der Waals surface area contributed by atoms with Crippen molar-refractivity contribution < 1.29 is 17.9 Å². The molecular weight excluding hydrogens is 388 g/mol. The second-order valence-electron chi connectivity index (χ2n) is 7.47. The lowest BCUT2D eigenvalue weighted by Gasteiger charge is -2.32. The molecule has 0 bridgehead atoms. The first-order valence-corrected chi connectivity index (χ1v) is 11.3. The number of ether oxygens (including phenoxy) is 1. The number of hydrogen-bond acceptors (Lipinski definition) is 4. The number of sulfonamides is 1. The van der Waals surface area contributed by atoms with Crippen molar-refractivity contribution in [3.8, 4) is 5.75 Å². The van der Waals surface area contributed by atoms with E-state index in [0.717, 1.165) is 24.8 Å². The first-order chi connectivity index (χ1) is 13.8. The van der Waals surface area contributed by atoms with E-state index in [-0.39, 0.29) is 22.6 Å². The number of benzene rings is 2. The summed E-state index contributed by atoms with van der Waals surface area (Å²) < 4.78 is 33.5. The smallest absolute Gasteiger partial charge is 0.253 e. The van der Waals surface area contributed by atoms with Gasteiger partial charge in [0, 0.05) is 31.7 Å². The maximum absolute atomic E-state index is 13.3. The van der Waals surface area contributed by atoms with Gasteiger partial charge in [0.05, 0.1) is 7.11 Å². The van der Waals surface area contributed by atoms with Crippen LogP contribution in [0.4, 0.5) is 0 Å². The van der Waals surface area contributed by atoms with Gasteiger partial charge < -0.3 is 9.64 Å². The average molecular weight is 417 g/mol. The molecule has 0 unspecified atom stereocenters. The molecule has 3 rings (SSSR count). The van der Waals surface area contributed by atoms with Crippen LogP contribution in [0.3, 0.4) is 0 Å². The SMILES string of the molecule is COc1ccc(C(=O)N(C)Cc2ccccc2)cc1S(=O)(=O)N1CCCC[C@@H]1C. The molecule has 29 heavy (non-hydrogen) atoms. The Bertz CT molecular complexity index is 960. The Hall–Kier alpha value is -2.38. The summed E-state index contributed by atoms with van der Waals surface area (Å²) in [6.07, 6.45) is 2.69. The summed E-state index contributed by atoms with van der Waals surface area (Å²) in [6.45, 7) is 2.85. The minimum atomic E-state index is -3.76. The Morgan fingerprint density at radius 3 is 2.55 bits per heavy atom. The van der Waals surface area contributed by atoms with Crippen LogP contribution in [0, 0.1) is 0 Å². The fraction of sp³-hybridized carbons (Fsp3) is 0.409. The third kappa shape index (κ3) is 4.62. The minimum Gasteiger partial charge on any atom is -0.495 e. The maximum Gasteiger partial charge on any atom is 0.253 e. The van der Waals surface area contributed by atoms with E-state index in [1.54, 1.807) is 24.1 Å².